The van der Waals surface area contributed by atoms with Gasteiger partial charge in [0.1, 0.15) is 11.8 Å². The van der Waals surface area contributed by atoms with Crippen molar-refractivity contribution in [1.82, 2.24) is 12.7 Å². The average Bonchev–Trinajstić information content (AvgIpc) is 3.37. The highest BCUT2D eigenvalue weighted by Gasteiger charge is 2.28. The van der Waals surface area contributed by atoms with E-state index in [1.54, 1.807) is 0 Å². The molecule has 4 heterocycles. The Morgan fingerprint density at radius 3 is 2.70 bits per heavy atom. The van der Waals surface area contributed by atoms with Crippen molar-refractivity contribution in [3.05, 3.63) is 35.8 Å². The number of nitrogens with zero attached hydrogens (tertiary/aromatic N) is 4. The molecule has 2 fully saturated rings. The van der Waals surface area contributed by atoms with E-state index in [0.29, 0.717) is 5.92 Å². The lowest BCUT2D eigenvalue weighted by Crippen LogP contribution is -2.69. The van der Waals surface area contributed by atoms with Gasteiger partial charge < -0.3 is 4.74 Å². The molecule has 27 heavy (non-hydrogen) atoms. The van der Waals surface area contributed by atoms with Gasteiger partial charge in [-0.05, 0) is 43.2 Å². The molecule has 0 amide bonds. The first-order valence-corrected chi connectivity index (χ1v) is 10.8. The van der Waals surface area contributed by atoms with Gasteiger partial charge in [-0.3, -0.25) is 7.68 Å². The lowest BCUT2D eigenvalue weighted by atomic mass is 9.81. The standard InChI is InChI=1S/C20H24IN5O/c21-26-13-19(16-11-23-24-12-16)18-9-15(10-22-20(18)26)14-1-3-17(4-2-14)25-5-7-27-8-6-25/h9-14,17H,1-8H2,(H,23,24)/p+1. The summed E-state index contributed by atoms with van der Waals surface area (Å²) in [7, 11) is 0. The van der Waals surface area contributed by atoms with Crippen LogP contribution in [0.15, 0.2) is 29.8 Å². The molecule has 0 atom stereocenters. The van der Waals surface area contributed by atoms with E-state index in [4.69, 9.17) is 9.72 Å². The SMILES string of the molecule is In1cc(C2=C[NH2+]N=C2)c2cc(C3CCC(N4CCOCC4)CC3)cnc21. The molecular formula is C20H25IN5O+. The first-order valence-electron chi connectivity index (χ1n) is 9.85. The first-order chi connectivity index (χ1) is 13.3. The molecule has 1 saturated carbocycles. The maximum absolute atomic E-state index is 5.51. The number of fused-ring (bicyclic) bond motifs is 1. The Kier molecular flexibility index (Phi) is 5.02. The Labute approximate surface area is 173 Å². The molecule has 0 spiro atoms. The number of quaternary nitrogens is 1. The summed E-state index contributed by atoms with van der Waals surface area (Å²) < 4.78 is 7.60. The van der Waals surface area contributed by atoms with Crippen LogP contribution in [0.1, 0.15) is 42.7 Å². The van der Waals surface area contributed by atoms with Crippen molar-refractivity contribution in [3.8, 4) is 0 Å². The molecule has 5 rings (SSSR count). The van der Waals surface area contributed by atoms with Gasteiger partial charge in [0.05, 0.1) is 47.9 Å². The van der Waals surface area contributed by atoms with Crippen LogP contribution < -0.4 is 5.43 Å². The van der Waals surface area contributed by atoms with E-state index >= 15 is 0 Å². The molecule has 7 heteroatoms. The summed E-state index contributed by atoms with van der Waals surface area (Å²) in [5.41, 5.74) is 6.69. The summed E-state index contributed by atoms with van der Waals surface area (Å²) >= 11 is 2.32. The number of ether oxygens (including phenoxy) is 1. The smallest absolute Gasteiger partial charge is 0.149 e. The second-order valence-electron chi connectivity index (χ2n) is 7.70. The van der Waals surface area contributed by atoms with Gasteiger partial charge in [0.25, 0.3) is 0 Å². The number of morpholine rings is 1. The number of hydrogen-bond donors (Lipinski definition) is 1. The summed E-state index contributed by atoms with van der Waals surface area (Å²) in [5, 5.41) is 5.47. The van der Waals surface area contributed by atoms with E-state index in [9.17, 15) is 0 Å². The fourth-order valence-electron chi connectivity index (χ4n) is 4.71. The molecule has 0 bridgehead atoms. The van der Waals surface area contributed by atoms with Crippen molar-refractivity contribution < 1.29 is 10.2 Å². The number of nitrogens with two attached hydrogens (primary N) is 1. The number of rotatable bonds is 3. The largest absolute Gasteiger partial charge is 0.379 e. The van der Waals surface area contributed by atoms with Gasteiger partial charge in [-0.2, -0.15) is 5.43 Å². The van der Waals surface area contributed by atoms with E-state index in [0.717, 1.165) is 38.0 Å². The van der Waals surface area contributed by atoms with Crippen LogP contribution in [-0.2, 0) is 4.74 Å². The predicted octanol–water partition coefficient (Wildman–Crippen LogP) is 2.50. The fraction of sp³-hybridized carbons (Fsp3) is 0.500. The molecule has 2 N–H and O–H groups in total. The zero-order chi connectivity index (χ0) is 18.2. The molecule has 3 aliphatic rings. The summed E-state index contributed by atoms with van der Waals surface area (Å²) in [5.74, 6) is 0.627. The quantitative estimate of drug-likeness (QED) is 0.545. The van der Waals surface area contributed by atoms with Gasteiger partial charge in [-0.15, -0.1) is 0 Å². The Bertz CT molecular complexity index is 891. The molecular weight excluding hydrogens is 453 g/mol. The van der Waals surface area contributed by atoms with Crippen LogP contribution in [0.4, 0.5) is 0 Å². The number of hydrogen-bond acceptors (Lipinski definition) is 4. The van der Waals surface area contributed by atoms with Gasteiger partial charge in [0.2, 0.25) is 0 Å². The highest BCUT2D eigenvalue weighted by atomic mass is 127. The molecule has 0 radical (unpaired) electrons. The lowest BCUT2D eigenvalue weighted by molar-refractivity contribution is -0.589. The second kappa shape index (κ2) is 7.62. The van der Waals surface area contributed by atoms with Gasteiger partial charge >= 0.3 is 0 Å². The van der Waals surface area contributed by atoms with Crippen LogP contribution in [0, 0.1) is 0 Å². The van der Waals surface area contributed by atoms with Crippen LogP contribution in [0.25, 0.3) is 16.6 Å². The minimum absolute atomic E-state index is 0.627. The summed E-state index contributed by atoms with van der Waals surface area (Å²) in [4.78, 5) is 7.44. The Hall–Kier alpha value is -1.29. The molecule has 1 aliphatic carbocycles. The first kappa shape index (κ1) is 17.8. The topological polar surface area (TPSA) is 59.3 Å². The molecule has 2 aliphatic heterocycles. The number of aromatic nitrogens is 2. The third-order valence-corrected chi connectivity index (χ3v) is 6.95. The van der Waals surface area contributed by atoms with Gasteiger partial charge in [0.15, 0.2) is 0 Å². The monoisotopic (exact) mass is 478 g/mol. The predicted molar refractivity (Wildman–Crippen MR) is 115 cm³/mol. The number of pyridine rings is 1. The van der Waals surface area contributed by atoms with Crippen LogP contribution in [0.5, 0.6) is 0 Å². The van der Waals surface area contributed by atoms with Gasteiger partial charge in [-0.1, -0.05) is 5.10 Å². The van der Waals surface area contributed by atoms with Crippen LogP contribution >= 0.6 is 22.9 Å². The van der Waals surface area contributed by atoms with Gasteiger partial charge in [0, 0.05) is 42.5 Å². The van der Waals surface area contributed by atoms with Crippen molar-refractivity contribution in [1.29, 1.82) is 0 Å². The van der Waals surface area contributed by atoms with Crippen LogP contribution in [0.3, 0.4) is 0 Å². The summed E-state index contributed by atoms with van der Waals surface area (Å²) in [6.07, 6.45) is 13.4. The van der Waals surface area contributed by atoms with Crippen molar-refractivity contribution in [2.45, 2.75) is 37.6 Å². The van der Waals surface area contributed by atoms with Crippen LogP contribution in [-0.4, -0.2) is 51.2 Å². The van der Waals surface area contributed by atoms with Crippen molar-refractivity contribution in [2.75, 3.05) is 26.3 Å². The molecule has 1 saturated heterocycles. The number of halogens is 1. The minimum Gasteiger partial charge on any atom is -0.379 e. The zero-order valence-corrected chi connectivity index (χ0v) is 17.5. The Balaban J connectivity index is 1.36. The van der Waals surface area contributed by atoms with Crippen molar-refractivity contribution >= 4 is 45.7 Å². The third-order valence-electron chi connectivity index (χ3n) is 6.22. The highest BCUT2D eigenvalue weighted by Crippen LogP contribution is 2.37. The number of allylic oxidation sites excluding steroid dienone is 1. The lowest BCUT2D eigenvalue weighted by Gasteiger charge is -2.38. The normalized spacial score (nSPS) is 26.6. The Morgan fingerprint density at radius 1 is 1.15 bits per heavy atom. The second-order valence-corrected chi connectivity index (χ2v) is 8.74. The molecule has 2 aromatic heterocycles. The minimum atomic E-state index is 0.627. The van der Waals surface area contributed by atoms with E-state index in [1.807, 2.05) is 11.6 Å². The maximum Gasteiger partial charge on any atom is 0.149 e. The van der Waals surface area contributed by atoms with Crippen molar-refractivity contribution in [2.24, 2.45) is 5.10 Å². The summed E-state index contributed by atoms with van der Waals surface area (Å²) in [6, 6.07) is 3.11. The van der Waals surface area contributed by atoms with Crippen molar-refractivity contribution in [3.63, 3.8) is 0 Å². The fourth-order valence-corrected chi connectivity index (χ4v) is 5.37. The van der Waals surface area contributed by atoms with E-state index < -0.39 is 0 Å². The van der Waals surface area contributed by atoms with E-state index in [2.05, 4.69) is 60.3 Å². The van der Waals surface area contributed by atoms with E-state index in [1.165, 1.54) is 47.8 Å². The molecule has 6 nitrogen and oxygen atoms in total. The maximum atomic E-state index is 5.51. The molecule has 0 unspecified atom stereocenters. The third kappa shape index (κ3) is 3.46. The Morgan fingerprint density at radius 2 is 1.96 bits per heavy atom. The van der Waals surface area contributed by atoms with Crippen LogP contribution in [0.2, 0.25) is 0 Å². The highest BCUT2D eigenvalue weighted by molar-refractivity contribution is 14.1. The zero-order valence-electron chi connectivity index (χ0n) is 15.4. The molecule has 0 aromatic carbocycles. The average molecular weight is 478 g/mol. The molecule has 142 valence electrons. The molecule has 2 aromatic rings. The van der Waals surface area contributed by atoms with E-state index in [-0.39, 0.29) is 0 Å². The summed E-state index contributed by atoms with van der Waals surface area (Å²) in [6.45, 7) is 3.99. The van der Waals surface area contributed by atoms with Gasteiger partial charge in [-0.25, -0.2) is 4.98 Å².